The molecule has 0 spiro atoms. The first-order valence-corrected chi connectivity index (χ1v) is 7.79. The molecule has 5 nitrogen and oxygen atoms in total. The fourth-order valence-corrected chi connectivity index (χ4v) is 2.89. The van der Waals surface area contributed by atoms with E-state index in [0.717, 1.165) is 4.90 Å². The van der Waals surface area contributed by atoms with Gasteiger partial charge in [0.25, 0.3) is 5.91 Å². The Morgan fingerprint density at radius 3 is 2.17 bits per heavy atom. The molecule has 24 heavy (non-hydrogen) atoms. The van der Waals surface area contributed by atoms with Crippen LogP contribution in [0.2, 0.25) is 0 Å². The van der Waals surface area contributed by atoms with Crippen molar-refractivity contribution in [3.63, 3.8) is 0 Å². The highest BCUT2D eigenvalue weighted by atomic mass is 16.5. The minimum atomic E-state index is -0.924. The van der Waals surface area contributed by atoms with E-state index in [4.69, 9.17) is 4.74 Å². The number of carbonyl (C=O) groups excluding carboxylic acids is 3. The van der Waals surface area contributed by atoms with E-state index in [1.807, 2.05) is 6.07 Å². The van der Waals surface area contributed by atoms with Crippen LogP contribution in [0, 0.1) is 0 Å². The number of ether oxygens (including phenoxy) is 1. The third kappa shape index (κ3) is 2.69. The quantitative estimate of drug-likeness (QED) is 0.492. The highest BCUT2D eigenvalue weighted by Crippen LogP contribution is 2.37. The predicted molar refractivity (Wildman–Crippen MR) is 87.2 cm³/mol. The number of likely N-dealkylation sites (tertiary alicyclic amines) is 1. The summed E-state index contributed by atoms with van der Waals surface area (Å²) in [6, 6.07) is 16.5. The molecule has 0 bridgehead atoms. The molecule has 2 amide bonds. The van der Waals surface area contributed by atoms with Gasteiger partial charge in [-0.2, -0.15) is 0 Å². The SMILES string of the molecule is CCOC(=O)[C@H]1[C@@H](c2ccccc2)C(=O)N1C(=O)c1ccccc1. The highest BCUT2D eigenvalue weighted by molar-refractivity contribution is 6.15. The fourth-order valence-electron chi connectivity index (χ4n) is 2.89. The van der Waals surface area contributed by atoms with Gasteiger partial charge < -0.3 is 4.74 Å². The molecule has 2 aromatic carbocycles. The van der Waals surface area contributed by atoms with Crippen LogP contribution in [-0.2, 0) is 14.3 Å². The molecular weight excluding hydrogens is 306 g/mol. The summed E-state index contributed by atoms with van der Waals surface area (Å²) in [5.41, 5.74) is 1.07. The second-order valence-electron chi connectivity index (χ2n) is 5.46. The van der Waals surface area contributed by atoms with Gasteiger partial charge >= 0.3 is 5.97 Å². The van der Waals surface area contributed by atoms with Gasteiger partial charge in [0, 0.05) is 5.56 Å². The minimum absolute atomic E-state index is 0.193. The first-order valence-electron chi connectivity index (χ1n) is 7.79. The lowest BCUT2D eigenvalue weighted by Gasteiger charge is -2.43. The Hall–Kier alpha value is -2.95. The molecule has 122 valence electrons. The van der Waals surface area contributed by atoms with Crippen LogP contribution < -0.4 is 0 Å². The molecule has 0 saturated carbocycles. The average molecular weight is 323 g/mol. The molecule has 0 aliphatic carbocycles. The number of rotatable bonds is 4. The van der Waals surface area contributed by atoms with E-state index in [1.54, 1.807) is 61.5 Å². The summed E-state index contributed by atoms with van der Waals surface area (Å²) in [4.78, 5) is 38.6. The van der Waals surface area contributed by atoms with E-state index in [9.17, 15) is 14.4 Å². The smallest absolute Gasteiger partial charge is 0.330 e. The summed E-state index contributed by atoms with van der Waals surface area (Å²) in [6.07, 6.45) is 0. The molecule has 0 aromatic heterocycles. The molecule has 2 atom stereocenters. The van der Waals surface area contributed by atoms with Crippen LogP contribution in [0.3, 0.4) is 0 Å². The van der Waals surface area contributed by atoms with Gasteiger partial charge in [-0.1, -0.05) is 48.5 Å². The maximum absolute atomic E-state index is 12.6. The molecule has 1 aliphatic heterocycles. The van der Waals surface area contributed by atoms with Crippen molar-refractivity contribution in [1.29, 1.82) is 0 Å². The van der Waals surface area contributed by atoms with Crippen LogP contribution in [-0.4, -0.2) is 35.3 Å². The van der Waals surface area contributed by atoms with Crippen molar-refractivity contribution in [3.8, 4) is 0 Å². The maximum Gasteiger partial charge on any atom is 0.330 e. The number of β-lactam (4-membered cyclic amide) rings is 1. The summed E-state index contributed by atoms with van der Waals surface area (Å²) < 4.78 is 5.08. The summed E-state index contributed by atoms with van der Waals surface area (Å²) in [5.74, 6) is -2.10. The van der Waals surface area contributed by atoms with Crippen molar-refractivity contribution in [2.45, 2.75) is 18.9 Å². The standard InChI is InChI=1S/C19H17NO4/c1-2-24-19(23)16-15(13-9-5-3-6-10-13)18(22)20(16)17(21)14-11-7-4-8-12-14/h3-12,15-16H,2H2,1H3/t15-,16-/m1/s1. The third-order valence-electron chi connectivity index (χ3n) is 4.02. The topological polar surface area (TPSA) is 63.7 Å². The molecule has 1 heterocycles. The number of esters is 1. The maximum atomic E-state index is 12.6. The van der Waals surface area contributed by atoms with Gasteiger partial charge in [0.15, 0.2) is 6.04 Å². The van der Waals surface area contributed by atoms with Crippen LogP contribution in [0.4, 0.5) is 0 Å². The highest BCUT2D eigenvalue weighted by Gasteiger charge is 2.56. The van der Waals surface area contributed by atoms with Crippen LogP contribution >= 0.6 is 0 Å². The van der Waals surface area contributed by atoms with Gasteiger partial charge in [-0.3, -0.25) is 14.5 Å². The van der Waals surface area contributed by atoms with Gasteiger partial charge in [-0.25, -0.2) is 4.79 Å². The van der Waals surface area contributed by atoms with Crippen LogP contribution in [0.15, 0.2) is 60.7 Å². The number of hydrogen-bond donors (Lipinski definition) is 0. The molecule has 1 aliphatic rings. The Labute approximate surface area is 139 Å². The second-order valence-corrected chi connectivity index (χ2v) is 5.46. The van der Waals surface area contributed by atoms with Crippen molar-refractivity contribution in [3.05, 3.63) is 71.8 Å². The van der Waals surface area contributed by atoms with Crippen molar-refractivity contribution in [2.24, 2.45) is 0 Å². The number of amides is 2. The van der Waals surface area contributed by atoms with Crippen molar-refractivity contribution in [2.75, 3.05) is 6.61 Å². The lowest BCUT2D eigenvalue weighted by atomic mass is 9.81. The summed E-state index contributed by atoms with van der Waals surface area (Å²) in [5, 5.41) is 0. The van der Waals surface area contributed by atoms with Gasteiger partial charge in [0.2, 0.25) is 5.91 Å². The van der Waals surface area contributed by atoms with E-state index >= 15 is 0 Å². The predicted octanol–water partition coefficient (Wildman–Crippen LogP) is 2.38. The Morgan fingerprint density at radius 1 is 1.00 bits per heavy atom. The number of imide groups is 1. The third-order valence-corrected chi connectivity index (χ3v) is 4.02. The molecule has 0 unspecified atom stereocenters. The monoisotopic (exact) mass is 323 g/mol. The van der Waals surface area contributed by atoms with Gasteiger partial charge in [0.1, 0.15) is 0 Å². The Morgan fingerprint density at radius 2 is 1.58 bits per heavy atom. The lowest BCUT2D eigenvalue weighted by molar-refractivity contribution is -0.165. The van der Waals surface area contributed by atoms with Crippen molar-refractivity contribution >= 4 is 17.8 Å². The number of carbonyl (C=O) groups is 3. The first-order chi connectivity index (χ1) is 11.6. The van der Waals surface area contributed by atoms with Crippen LogP contribution in [0.25, 0.3) is 0 Å². The van der Waals surface area contributed by atoms with E-state index in [0.29, 0.717) is 11.1 Å². The normalized spacial score (nSPS) is 19.5. The first kappa shape index (κ1) is 15.9. The number of benzene rings is 2. The minimum Gasteiger partial charge on any atom is -0.464 e. The van der Waals surface area contributed by atoms with E-state index in [-0.39, 0.29) is 12.5 Å². The Bertz CT molecular complexity index is 757. The van der Waals surface area contributed by atoms with Gasteiger partial charge in [0.05, 0.1) is 12.5 Å². The van der Waals surface area contributed by atoms with E-state index in [1.165, 1.54) is 0 Å². The molecule has 3 rings (SSSR count). The summed E-state index contributed by atoms with van der Waals surface area (Å²) >= 11 is 0. The number of nitrogens with zero attached hydrogens (tertiary/aromatic N) is 1. The molecule has 1 saturated heterocycles. The largest absolute Gasteiger partial charge is 0.464 e. The zero-order valence-corrected chi connectivity index (χ0v) is 13.2. The molecular formula is C19H17NO4. The molecule has 0 N–H and O–H groups in total. The van der Waals surface area contributed by atoms with Crippen molar-refractivity contribution in [1.82, 2.24) is 4.90 Å². The van der Waals surface area contributed by atoms with Gasteiger partial charge in [-0.15, -0.1) is 0 Å². The Balaban J connectivity index is 1.93. The van der Waals surface area contributed by atoms with Crippen LogP contribution in [0.5, 0.6) is 0 Å². The van der Waals surface area contributed by atoms with E-state index < -0.39 is 23.8 Å². The molecule has 2 aromatic rings. The molecule has 5 heteroatoms. The van der Waals surface area contributed by atoms with Gasteiger partial charge in [-0.05, 0) is 24.6 Å². The van der Waals surface area contributed by atoms with Crippen molar-refractivity contribution < 1.29 is 19.1 Å². The zero-order valence-electron chi connectivity index (χ0n) is 13.2. The van der Waals surface area contributed by atoms with Crippen LogP contribution in [0.1, 0.15) is 28.8 Å². The second kappa shape index (κ2) is 6.66. The molecule has 0 radical (unpaired) electrons. The van der Waals surface area contributed by atoms with E-state index in [2.05, 4.69) is 0 Å². The number of hydrogen-bond acceptors (Lipinski definition) is 4. The summed E-state index contributed by atoms with van der Waals surface area (Å²) in [6.45, 7) is 1.89. The Kier molecular flexibility index (Phi) is 4.42. The average Bonchev–Trinajstić information content (AvgIpc) is 2.61. The lowest BCUT2D eigenvalue weighted by Crippen LogP contribution is -2.65. The fraction of sp³-hybridized carbons (Fsp3) is 0.211. The molecule has 1 fully saturated rings. The zero-order chi connectivity index (χ0) is 17.1. The summed E-state index contributed by atoms with van der Waals surface area (Å²) in [7, 11) is 0.